The van der Waals surface area contributed by atoms with Crippen molar-refractivity contribution in [2.24, 2.45) is 0 Å². The zero-order chi connectivity index (χ0) is 93.1. The molecule has 0 saturated carbocycles. The molecule has 0 unspecified atom stereocenters. The van der Waals surface area contributed by atoms with E-state index in [4.69, 9.17) is 9.47 Å². The number of ether oxygens (including phenoxy) is 2. The molecule has 12 aromatic heterocycles. The highest BCUT2D eigenvalue weighted by Crippen LogP contribution is 2.38. The second-order valence-corrected chi connectivity index (χ2v) is 33.7. The number of benzene rings is 4. The molecule has 19 rings (SSSR count). The topological polar surface area (TPSA) is 269 Å². The van der Waals surface area contributed by atoms with E-state index in [1.807, 2.05) is 141 Å². The summed E-state index contributed by atoms with van der Waals surface area (Å²) in [5, 5.41) is 29.4. The lowest BCUT2D eigenvalue weighted by Crippen LogP contribution is -2.41. The first-order chi connectivity index (χ1) is 65.2. The van der Waals surface area contributed by atoms with Gasteiger partial charge in [-0.2, -0.15) is 20.4 Å². The number of amides is 4. The second kappa shape index (κ2) is 43.8. The van der Waals surface area contributed by atoms with E-state index in [2.05, 4.69) is 76.3 Å². The third-order valence-corrected chi connectivity index (χ3v) is 24.1. The van der Waals surface area contributed by atoms with Gasteiger partial charge in [0.25, 0.3) is 23.6 Å². The molecule has 3 aliphatic rings. The molecule has 4 aromatic carbocycles. The van der Waals surface area contributed by atoms with Crippen LogP contribution in [0.25, 0.3) is 112 Å². The number of aromatic nitrogens is 12. The van der Waals surface area contributed by atoms with Gasteiger partial charge in [-0.25, -0.2) is 35.6 Å². The number of nitrogens with one attached hydrogen (secondary N) is 4. The number of rotatable bonds is 26. The summed E-state index contributed by atoms with van der Waals surface area (Å²) in [6.07, 6.45) is 25.0. The minimum Gasteiger partial charge on any atom is -0.379 e. The van der Waals surface area contributed by atoms with Crippen molar-refractivity contribution in [1.29, 1.82) is 0 Å². The SMILES string of the molecule is Cc1cc(-c2ncccc2-c2ccn3ncc(C(=O)NCCCN4CCCC4)c3c2)ccc1F.Cc1cc(-c2ncccc2-c2ccn3ncc(C(=O)NCCCN4CCOCC4)c3c2)ccc1F.Cc1cc(-c2ncccc2-c2ccn3ncc(C(=O)NCCN(C)C)c3c2)ccc1F.Cc1cc(-c2ncccc2-c2ccn3ncc(C(=O)NCCN4CCOCC4)c3c2)ccc1F. The van der Waals surface area contributed by atoms with Crippen LogP contribution in [0.4, 0.5) is 17.6 Å². The van der Waals surface area contributed by atoms with Gasteiger partial charge in [0.05, 0.1) is 118 Å². The number of likely N-dealkylation sites (N-methyl/N-ethyl adjacent to an activating group) is 1. The number of halogens is 4. The van der Waals surface area contributed by atoms with E-state index >= 15 is 0 Å². The number of nitrogens with zero attached hydrogens (tertiary/aromatic N) is 16. The molecule has 3 fully saturated rings. The summed E-state index contributed by atoms with van der Waals surface area (Å²) < 4.78 is 72.7. The first-order valence-electron chi connectivity index (χ1n) is 45.1. The van der Waals surface area contributed by atoms with Gasteiger partial charge < -0.3 is 40.5 Å². The van der Waals surface area contributed by atoms with Crippen molar-refractivity contribution >= 4 is 45.7 Å². The maximum Gasteiger partial charge on any atom is 0.255 e. The molecule has 15 heterocycles. The second-order valence-electron chi connectivity index (χ2n) is 33.7. The minimum atomic E-state index is -0.244. The summed E-state index contributed by atoms with van der Waals surface area (Å²) in [4.78, 5) is 78.8. The smallest absolute Gasteiger partial charge is 0.255 e. The predicted molar refractivity (Wildman–Crippen MR) is 512 cm³/mol. The first-order valence-corrected chi connectivity index (χ1v) is 45.1. The van der Waals surface area contributed by atoms with E-state index in [0.29, 0.717) is 81.7 Å². The van der Waals surface area contributed by atoms with E-state index in [-0.39, 0.29) is 46.9 Å². The fraction of sp³-hybridized carbons (Fsp3) is 0.269. The van der Waals surface area contributed by atoms with Crippen LogP contribution in [0.3, 0.4) is 0 Å². The van der Waals surface area contributed by atoms with E-state index < -0.39 is 0 Å². The Morgan fingerprint density at radius 1 is 0.336 bits per heavy atom. The highest BCUT2D eigenvalue weighted by atomic mass is 19.1. The maximum atomic E-state index is 13.8. The van der Waals surface area contributed by atoms with Crippen LogP contribution < -0.4 is 21.3 Å². The summed E-state index contributed by atoms with van der Waals surface area (Å²) in [6.45, 7) is 21.8. The summed E-state index contributed by atoms with van der Waals surface area (Å²) in [5.41, 5.74) is 20.9. The standard InChI is InChI=1S/C27H28FN5O2.C27H28FN5O.C26H26FN5O2.C24H24FN5O/c1-19-16-21(5-6-24(19)28)26-22(4-2-8-29-26)20-7-11-33-25(17-20)23(18-31-33)27(34)30-9-3-10-32-12-14-35-15-13-32;1-19-16-21(7-8-24(19)28)26-22(6-4-10-29-26)20-9-15-33-25(17-20)23(18-31-33)27(34)30-11-5-14-32-12-2-3-13-32;1-18-15-20(4-5-23(18)27)25-21(3-2-7-28-25)19-6-9-32-24(16-19)22(17-30-32)26(33)29-8-10-31-11-13-34-14-12-31;1-16-13-18(6-7-21(16)25)23-19(5-4-9-26-23)17-8-11-30-22(14-17)20(15-28-30)24(31)27-10-12-29(2)3/h2,4-8,11,16-18H,3,9-10,12-15H2,1H3,(H,30,34);4,6-10,15-18H,2-3,5,11-14H2,1H3,(H,30,34);2-7,9,15-17H,8,10-14H2,1H3,(H,29,33);4-9,11,13-15H,10,12H2,1-3H3,(H,27,31). The van der Waals surface area contributed by atoms with Gasteiger partial charge >= 0.3 is 0 Å². The Hall–Kier alpha value is -14.4. The molecular formula is C104H106F4N20O6. The Kier molecular flexibility index (Phi) is 30.3. The summed E-state index contributed by atoms with van der Waals surface area (Å²) in [6, 6.07) is 51.0. The molecule has 3 aliphatic heterocycles. The number of morpholine rings is 2. The minimum absolute atomic E-state index is 0.117. The predicted octanol–water partition coefficient (Wildman–Crippen LogP) is 16.1. The van der Waals surface area contributed by atoms with Gasteiger partial charge in [-0.1, -0.05) is 24.3 Å². The largest absolute Gasteiger partial charge is 0.379 e. The van der Waals surface area contributed by atoms with E-state index in [1.54, 1.807) is 144 Å². The molecule has 0 bridgehead atoms. The molecule has 0 atom stereocenters. The Morgan fingerprint density at radius 2 is 0.612 bits per heavy atom. The van der Waals surface area contributed by atoms with Crippen LogP contribution in [-0.2, 0) is 9.47 Å². The van der Waals surface area contributed by atoms with E-state index in [1.165, 1.54) is 50.2 Å². The fourth-order valence-electron chi connectivity index (χ4n) is 16.7. The number of hydrogen-bond acceptors (Lipinski definition) is 18. The zero-order valence-electron chi connectivity index (χ0n) is 75.8. The summed E-state index contributed by atoms with van der Waals surface area (Å²) >= 11 is 0. The van der Waals surface area contributed by atoms with Crippen LogP contribution in [0.5, 0.6) is 0 Å². The van der Waals surface area contributed by atoms with Gasteiger partial charge in [-0.05, 0) is 284 Å². The van der Waals surface area contributed by atoms with Crippen molar-refractivity contribution in [1.82, 2.24) is 99.3 Å². The van der Waals surface area contributed by atoms with Crippen LogP contribution in [0.1, 0.15) is 89.4 Å². The quantitative estimate of drug-likeness (QED) is 0.0290. The highest BCUT2D eigenvalue weighted by Gasteiger charge is 2.24. The number of aryl methyl sites for hydroxylation is 4. The molecule has 26 nitrogen and oxygen atoms in total. The average molecular weight is 1810 g/mol. The number of likely N-dealkylation sites (tertiary alicyclic amines) is 1. The Labute approximate surface area is 774 Å². The number of pyridine rings is 8. The lowest BCUT2D eigenvalue weighted by Gasteiger charge is -2.26. The number of fused-ring (bicyclic) bond motifs is 4. The molecule has 0 aliphatic carbocycles. The van der Waals surface area contributed by atoms with Crippen LogP contribution in [0, 0.1) is 51.0 Å². The Bertz CT molecular complexity index is 6870. The summed E-state index contributed by atoms with van der Waals surface area (Å²) in [7, 11) is 3.92. The molecule has 3 saturated heterocycles. The Balaban J connectivity index is 0.000000130. The van der Waals surface area contributed by atoms with Crippen molar-refractivity contribution in [2.45, 2.75) is 53.4 Å². The van der Waals surface area contributed by atoms with Gasteiger partial charge in [0.1, 0.15) is 23.3 Å². The van der Waals surface area contributed by atoms with Crippen molar-refractivity contribution in [2.75, 3.05) is 132 Å². The molecular weight excluding hydrogens is 1700 g/mol. The van der Waals surface area contributed by atoms with E-state index in [0.717, 1.165) is 192 Å². The van der Waals surface area contributed by atoms with Crippen molar-refractivity contribution in [3.05, 3.63) is 312 Å². The Morgan fingerprint density at radius 3 is 0.903 bits per heavy atom. The third kappa shape index (κ3) is 22.5. The average Bonchev–Trinajstić information content (AvgIpc) is 1.46. The van der Waals surface area contributed by atoms with Gasteiger partial charge in [-0.3, -0.25) is 48.9 Å². The molecule has 30 heteroatoms. The molecule has 16 aromatic rings. The van der Waals surface area contributed by atoms with Gasteiger partial charge in [0.15, 0.2) is 0 Å². The van der Waals surface area contributed by atoms with Crippen LogP contribution in [-0.4, -0.2) is 234 Å². The third-order valence-electron chi connectivity index (χ3n) is 24.1. The molecule has 0 spiro atoms. The molecule has 134 heavy (non-hydrogen) atoms. The number of hydrogen-bond donors (Lipinski definition) is 4. The number of carbonyl (C=O) groups excluding carboxylic acids is 4. The first kappa shape index (κ1) is 92.9. The van der Waals surface area contributed by atoms with Crippen molar-refractivity contribution in [3.8, 4) is 89.5 Å². The van der Waals surface area contributed by atoms with Gasteiger partial charge in [-0.15, -0.1) is 0 Å². The molecule has 0 radical (unpaired) electrons. The highest BCUT2D eigenvalue weighted by molar-refractivity contribution is 6.04. The van der Waals surface area contributed by atoms with Crippen molar-refractivity contribution < 1.29 is 46.2 Å². The monoisotopic (exact) mass is 1810 g/mol. The lowest BCUT2D eigenvalue weighted by molar-refractivity contribution is 0.0374. The van der Waals surface area contributed by atoms with Crippen molar-refractivity contribution in [3.63, 3.8) is 0 Å². The van der Waals surface area contributed by atoms with Gasteiger partial charge in [0.2, 0.25) is 0 Å². The zero-order valence-corrected chi connectivity index (χ0v) is 75.8. The normalized spacial score (nSPS) is 13.6. The van der Waals surface area contributed by atoms with E-state index in [9.17, 15) is 36.7 Å². The molecule has 4 amide bonds. The van der Waals surface area contributed by atoms with Crippen LogP contribution in [0.2, 0.25) is 0 Å². The van der Waals surface area contributed by atoms with Gasteiger partial charge in [0, 0.05) is 160 Å². The maximum absolute atomic E-state index is 13.8. The number of carbonyl (C=O) groups is 4. The van der Waals surface area contributed by atoms with Crippen LogP contribution >= 0.6 is 0 Å². The molecule has 4 N–H and O–H groups in total. The summed E-state index contributed by atoms with van der Waals surface area (Å²) in [5.74, 6) is -1.53. The fourth-order valence-corrected chi connectivity index (χ4v) is 16.7. The lowest BCUT2D eigenvalue weighted by atomic mass is 9.98. The van der Waals surface area contributed by atoms with Crippen LogP contribution in [0.15, 0.2) is 244 Å². The molecule has 686 valence electrons.